The summed E-state index contributed by atoms with van der Waals surface area (Å²) in [6.45, 7) is -1.60. The lowest BCUT2D eigenvalue weighted by Gasteiger charge is -2.21. The average Bonchev–Trinajstić information content (AvgIpc) is 3.35. The zero-order chi connectivity index (χ0) is 31.9. The van der Waals surface area contributed by atoms with Crippen molar-refractivity contribution in [3.05, 3.63) is 123 Å². The summed E-state index contributed by atoms with van der Waals surface area (Å²) in [7, 11) is 0. The van der Waals surface area contributed by atoms with Gasteiger partial charge < -0.3 is 25.4 Å². The predicted molar refractivity (Wildman–Crippen MR) is 163 cm³/mol. The lowest BCUT2D eigenvalue weighted by atomic mass is 9.98. The number of alkyl carbamates (subject to hydrolysis) is 1. The highest BCUT2D eigenvalue weighted by atomic mass is 16.5. The Morgan fingerprint density at radius 3 is 2.16 bits per heavy atom. The molecule has 0 atom stereocenters. The van der Waals surface area contributed by atoms with Gasteiger partial charge >= 0.3 is 17.8 Å². The van der Waals surface area contributed by atoms with E-state index < -0.39 is 48.2 Å². The number of benzene rings is 3. The molecule has 0 bridgehead atoms. The quantitative estimate of drug-likeness (QED) is 0.199. The summed E-state index contributed by atoms with van der Waals surface area (Å²) in [6.07, 6.45) is 0.267. The molecule has 3 aromatic carbocycles. The highest BCUT2D eigenvalue weighted by molar-refractivity contribution is 6.04. The first-order valence-corrected chi connectivity index (χ1v) is 14.0. The minimum Gasteiger partial charge on any atom is -0.480 e. The van der Waals surface area contributed by atoms with Crippen LogP contribution in [0.5, 0.6) is 0 Å². The van der Waals surface area contributed by atoms with E-state index in [1.165, 1.54) is 12.1 Å². The molecule has 4 aromatic rings. The zero-order valence-electron chi connectivity index (χ0n) is 23.9. The van der Waals surface area contributed by atoms with Gasteiger partial charge in [-0.05, 0) is 34.4 Å². The second-order valence-electron chi connectivity index (χ2n) is 10.2. The molecule has 1 heterocycles. The smallest absolute Gasteiger partial charge is 0.407 e. The number of hydrogen-bond donors (Lipinski definition) is 4. The molecule has 0 unspecified atom stereocenters. The van der Waals surface area contributed by atoms with E-state index in [2.05, 4.69) is 10.6 Å². The third-order valence-corrected chi connectivity index (χ3v) is 7.27. The Hall–Kier alpha value is -5.98. The SMILES string of the molecule is O=C(O)CN(CCNC(=O)OCC1c2ccccc2-c2ccccc21)C(=O)Cn1cc(NC(=O)c2ccccc2)c(=O)[nH]c1=O. The van der Waals surface area contributed by atoms with Crippen molar-refractivity contribution >= 4 is 29.6 Å². The first-order valence-electron chi connectivity index (χ1n) is 14.0. The number of nitrogens with one attached hydrogen (secondary N) is 3. The Morgan fingerprint density at radius 2 is 1.51 bits per heavy atom. The first kappa shape index (κ1) is 30.5. The van der Waals surface area contributed by atoms with E-state index in [1.807, 2.05) is 53.5 Å². The molecule has 1 aromatic heterocycles. The number of aromatic amines is 1. The fourth-order valence-electron chi connectivity index (χ4n) is 5.14. The van der Waals surface area contributed by atoms with Gasteiger partial charge in [-0.25, -0.2) is 9.59 Å². The molecule has 13 nitrogen and oxygen atoms in total. The van der Waals surface area contributed by atoms with Crippen LogP contribution in [0.2, 0.25) is 0 Å². The van der Waals surface area contributed by atoms with Gasteiger partial charge in [-0.3, -0.25) is 28.7 Å². The largest absolute Gasteiger partial charge is 0.480 e. The van der Waals surface area contributed by atoms with Crippen LogP contribution in [0.25, 0.3) is 11.1 Å². The van der Waals surface area contributed by atoms with Gasteiger partial charge in [0.25, 0.3) is 11.5 Å². The number of aliphatic carboxylic acids is 1. The number of nitrogens with zero attached hydrogens (tertiary/aromatic N) is 2. The zero-order valence-corrected chi connectivity index (χ0v) is 23.9. The lowest BCUT2D eigenvalue weighted by Crippen LogP contribution is -2.44. The molecular weight excluding hydrogens is 582 g/mol. The van der Waals surface area contributed by atoms with Crippen LogP contribution in [0.15, 0.2) is 94.6 Å². The maximum Gasteiger partial charge on any atom is 0.407 e. The van der Waals surface area contributed by atoms with E-state index in [0.29, 0.717) is 0 Å². The third-order valence-electron chi connectivity index (χ3n) is 7.27. The van der Waals surface area contributed by atoms with Crippen molar-refractivity contribution in [3.8, 4) is 11.1 Å². The van der Waals surface area contributed by atoms with Crippen molar-refractivity contribution in [1.29, 1.82) is 0 Å². The fraction of sp³-hybridized carbons (Fsp3) is 0.188. The Balaban J connectivity index is 1.18. The van der Waals surface area contributed by atoms with Crippen molar-refractivity contribution < 1.29 is 29.0 Å². The van der Waals surface area contributed by atoms with Gasteiger partial charge in [0.05, 0.1) is 0 Å². The van der Waals surface area contributed by atoms with Crippen molar-refractivity contribution in [2.24, 2.45) is 0 Å². The second-order valence-corrected chi connectivity index (χ2v) is 10.2. The number of H-pyrrole nitrogens is 1. The van der Waals surface area contributed by atoms with E-state index in [1.54, 1.807) is 18.2 Å². The highest BCUT2D eigenvalue weighted by Crippen LogP contribution is 2.44. The Kier molecular flexibility index (Phi) is 9.17. The molecule has 1 aliphatic carbocycles. The number of ether oxygens (including phenoxy) is 1. The maximum absolute atomic E-state index is 13.0. The molecule has 230 valence electrons. The van der Waals surface area contributed by atoms with E-state index in [4.69, 9.17) is 4.74 Å². The summed E-state index contributed by atoms with van der Waals surface area (Å²) < 4.78 is 6.32. The van der Waals surface area contributed by atoms with Gasteiger partial charge in [-0.15, -0.1) is 0 Å². The molecule has 1 aliphatic rings. The van der Waals surface area contributed by atoms with Gasteiger partial charge in [-0.2, -0.15) is 0 Å². The number of anilines is 1. The molecule has 0 fully saturated rings. The molecule has 0 saturated carbocycles. The van der Waals surface area contributed by atoms with Gasteiger partial charge in [0.15, 0.2) is 0 Å². The van der Waals surface area contributed by atoms with E-state index >= 15 is 0 Å². The van der Waals surface area contributed by atoms with Crippen molar-refractivity contribution in [2.45, 2.75) is 12.5 Å². The normalized spacial score (nSPS) is 11.6. The van der Waals surface area contributed by atoms with Crippen LogP contribution in [0, 0.1) is 0 Å². The van der Waals surface area contributed by atoms with Crippen LogP contribution in [-0.2, 0) is 20.9 Å². The van der Waals surface area contributed by atoms with Gasteiger partial charge in [0.2, 0.25) is 5.91 Å². The van der Waals surface area contributed by atoms with Gasteiger partial charge in [0.1, 0.15) is 25.4 Å². The third kappa shape index (κ3) is 7.16. The van der Waals surface area contributed by atoms with Gasteiger partial charge in [-0.1, -0.05) is 66.7 Å². The van der Waals surface area contributed by atoms with Crippen LogP contribution in [0.3, 0.4) is 0 Å². The number of carboxylic acids is 1. The predicted octanol–water partition coefficient (Wildman–Crippen LogP) is 2.24. The first-order chi connectivity index (χ1) is 21.7. The monoisotopic (exact) mass is 611 g/mol. The molecule has 0 spiro atoms. The van der Waals surface area contributed by atoms with E-state index in [0.717, 1.165) is 37.9 Å². The summed E-state index contributed by atoms with van der Waals surface area (Å²) in [4.78, 5) is 77.2. The highest BCUT2D eigenvalue weighted by Gasteiger charge is 2.29. The summed E-state index contributed by atoms with van der Waals surface area (Å²) in [5.74, 6) is -2.84. The molecule has 13 heteroatoms. The molecule has 0 radical (unpaired) electrons. The molecule has 0 aliphatic heterocycles. The van der Waals surface area contributed by atoms with Crippen LogP contribution < -0.4 is 21.9 Å². The fourth-order valence-corrected chi connectivity index (χ4v) is 5.14. The Bertz CT molecular complexity index is 1820. The molecule has 5 rings (SSSR count). The lowest BCUT2D eigenvalue weighted by molar-refractivity contribution is -0.144. The molecule has 45 heavy (non-hydrogen) atoms. The number of hydrogen-bond acceptors (Lipinski definition) is 7. The number of fused-ring (bicyclic) bond motifs is 3. The van der Waals surface area contributed by atoms with E-state index in [9.17, 15) is 33.9 Å². The summed E-state index contributed by atoms with van der Waals surface area (Å²) in [5, 5.41) is 14.3. The number of amides is 3. The number of carbonyl (C=O) groups excluding carboxylic acids is 3. The van der Waals surface area contributed by atoms with Crippen LogP contribution in [-0.4, -0.2) is 69.7 Å². The van der Waals surface area contributed by atoms with Crippen molar-refractivity contribution in [1.82, 2.24) is 19.8 Å². The minimum atomic E-state index is -1.31. The molecule has 4 N–H and O–H groups in total. The standard InChI is InChI=1S/C32H29N5O8/c38-27(17-37-16-26(30(42)35-31(37)43)34-29(41)20-8-2-1-3-9-20)36(18-28(39)40)15-14-33-32(44)45-19-25-23-12-6-4-10-21(23)22-11-5-7-13-24(22)25/h1-13,16,25H,14-15,17-19H2,(H,33,44)(H,34,41)(H,39,40)(H,35,42,43). The summed E-state index contributed by atoms with van der Waals surface area (Å²) in [6, 6.07) is 23.8. The van der Waals surface area contributed by atoms with E-state index in [-0.39, 0.29) is 36.9 Å². The Morgan fingerprint density at radius 1 is 0.889 bits per heavy atom. The van der Waals surface area contributed by atoms with Crippen molar-refractivity contribution in [2.75, 3.05) is 31.6 Å². The number of carboxylic acid groups (broad SMARTS) is 1. The molecule has 3 amide bonds. The van der Waals surface area contributed by atoms with Crippen LogP contribution >= 0.6 is 0 Å². The van der Waals surface area contributed by atoms with Gasteiger partial charge in [0, 0.05) is 30.8 Å². The molecular formula is C32H29N5O8. The van der Waals surface area contributed by atoms with Crippen LogP contribution in [0.1, 0.15) is 27.4 Å². The summed E-state index contributed by atoms with van der Waals surface area (Å²) >= 11 is 0. The van der Waals surface area contributed by atoms with Crippen LogP contribution in [0.4, 0.5) is 10.5 Å². The topological polar surface area (TPSA) is 180 Å². The number of rotatable bonds is 11. The Labute approximate surface area is 256 Å². The minimum absolute atomic E-state index is 0.0793. The van der Waals surface area contributed by atoms with Crippen molar-refractivity contribution in [3.63, 3.8) is 0 Å². The second kappa shape index (κ2) is 13.5. The average molecular weight is 612 g/mol. The summed E-state index contributed by atoms with van der Waals surface area (Å²) in [5.41, 5.74) is 2.44. The number of carbonyl (C=O) groups is 4. The number of aromatic nitrogens is 2. The molecule has 0 saturated heterocycles. The maximum atomic E-state index is 13.0.